The van der Waals surface area contributed by atoms with Crippen LogP contribution in [0.25, 0.3) is 0 Å². The Morgan fingerprint density at radius 1 is 1.50 bits per heavy atom. The monoisotopic (exact) mass is 251 g/mol. The fourth-order valence-corrected chi connectivity index (χ4v) is 2.79. The van der Waals surface area contributed by atoms with Crippen molar-refractivity contribution in [1.29, 1.82) is 0 Å². The van der Waals surface area contributed by atoms with E-state index in [-0.39, 0.29) is 5.41 Å². The minimum Gasteiger partial charge on any atom is -0.468 e. The summed E-state index contributed by atoms with van der Waals surface area (Å²) in [4.78, 5) is 0. The van der Waals surface area contributed by atoms with Crippen molar-refractivity contribution in [2.75, 3.05) is 6.61 Å². The zero-order chi connectivity index (χ0) is 13.2. The molecular weight excluding hydrogens is 226 g/mol. The third kappa shape index (κ3) is 2.47. The van der Waals surface area contributed by atoms with Crippen LogP contribution in [-0.2, 0) is 4.74 Å². The number of hydrogen-bond acceptors (Lipinski definition) is 3. The Kier molecular flexibility index (Phi) is 4.13. The van der Waals surface area contributed by atoms with Gasteiger partial charge >= 0.3 is 0 Å². The first-order valence-electron chi connectivity index (χ1n) is 7.00. The van der Waals surface area contributed by atoms with Crippen LogP contribution in [0.3, 0.4) is 0 Å². The summed E-state index contributed by atoms with van der Waals surface area (Å²) in [5, 5.41) is 3.71. The Morgan fingerprint density at radius 2 is 2.28 bits per heavy atom. The molecular formula is C15H25NO2. The summed E-state index contributed by atoms with van der Waals surface area (Å²) in [5.41, 5.74) is 0.204. The van der Waals surface area contributed by atoms with Gasteiger partial charge in [0.25, 0.3) is 0 Å². The average molecular weight is 251 g/mol. The third-order valence-corrected chi connectivity index (χ3v) is 4.24. The molecule has 0 amide bonds. The first-order chi connectivity index (χ1) is 8.59. The molecule has 1 fully saturated rings. The molecule has 3 atom stereocenters. The fraction of sp³-hybridized carbons (Fsp3) is 0.733. The number of furan rings is 1. The lowest BCUT2D eigenvalue weighted by Crippen LogP contribution is -2.61. The van der Waals surface area contributed by atoms with Crippen LogP contribution >= 0.6 is 0 Å². The van der Waals surface area contributed by atoms with Crippen molar-refractivity contribution in [2.45, 2.75) is 58.7 Å². The summed E-state index contributed by atoms with van der Waals surface area (Å²) in [6.07, 6.45) is 4.26. The molecule has 1 heterocycles. The Balaban J connectivity index is 1.94. The van der Waals surface area contributed by atoms with Crippen LogP contribution in [0.15, 0.2) is 22.8 Å². The molecule has 3 nitrogen and oxygen atoms in total. The van der Waals surface area contributed by atoms with Gasteiger partial charge in [-0.2, -0.15) is 0 Å². The summed E-state index contributed by atoms with van der Waals surface area (Å²) < 4.78 is 11.3. The Hall–Kier alpha value is -0.800. The van der Waals surface area contributed by atoms with Crippen molar-refractivity contribution < 1.29 is 9.15 Å². The second-order valence-electron chi connectivity index (χ2n) is 5.70. The maximum absolute atomic E-state index is 5.77. The van der Waals surface area contributed by atoms with Gasteiger partial charge in [-0.3, -0.25) is 0 Å². The molecule has 102 valence electrons. The summed E-state index contributed by atoms with van der Waals surface area (Å²) in [7, 11) is 0. The summed E-state index contributed by atoms with van der Waals surface area (Å²) in [6, 6.07) is 4.82. The number of nitrogens with one attached hydrogen (secondary N) is 1. The van der Waals surface area contributed by atoms with E-state index in [1.165, 1.54) is 0 Å². The van der Waals surface area contributed by atoms with Crippen molar-refractivity contribution >= 4 is 0 Å². The van der Waals surface area contributed by atoms with Crippen LogP contribution in [0.1, 0.15) is 52.3 Å². The first-order valence-corrected chi connectivity index (χ1v) is 7.00. The minimum absolute atomic E-state index is 0.204. The highest BCUT2D eigenvalue weighted by atomic mass is 16.5. The van der Waals surface area contributed by atoms with E-state index in [4.69, 9.17) is 9.15 Å². The highest BCUT2D eigenvalue weighted by Gasteiger charge is 2.49. The van der Waals surface area contributed by atoms with E-state index in [2.05, 4.69) is 33.0 Å². The van der Waals surface area contributed by atoms with E-state index in [1.807, 2.05) is 12.1 Å². The molecule has 1 aliphatic carbocycles. The zero-order valence-corrected chi connectivity index (χ0v) is 11.9. The molecule has 0 bridgehead atoms. The van der Waals surface area contributed by atoms with E-state index in [0.717, 1.165) is 25.2 Å². The highest BCUT2D eigenvalue weighted by Crippen LogP contribution is 2.43. The number of rotatable bonds is 6. The molecule has 0 saturated heterocycles. The lowest BCUT2D eigenvalue weighted by molar-refractivity contribution is -0.117. The van der Waals surface area contributed by atoms with Crippen LogP contribution in [0.4, 0.5) is 0 Å². The summed E-state index contributed by atoms with van der Waals surface area (Å²) in [6.45, 7) is 9.61. The molecule has 1 saturated carbocycles. The first kappa shape index (κ1) is 13.6. The second kappa shape index (κ2) is 5.45. The Bertz CT molecular complexity index is 359. The molecule has 1 aromatic rings. The normalized spacial score (nSPS) is 27.8. The molecule has 1 aliphatic rings. The predicted molar refractivity (Wildman–Crippen MR) is 72.5 cm³/mol. The van der Waals surface area contributed by atoms with Gasteiger partial charge in [0.2, 0.25) is 0 Å². The number of ether oxygens (including phenoxy) is 1. The lowest BCUT2D eigenvalue weighted by Gasteiger charge is -2.52. The van der Waals surface area contributed by atoms with Crippen LogP contribution in [0, 0.1) is 5.41 Å². The Morgan fingerprint density at radius 3 is 2.78 bits per heavy atom. The smallest absolute Gasteiger partial charge is 0.120 e. The van der Waals surface area contributed by atoms with Gasteiger partial charge in [-0.05, 0) is 31.9 Å². The van der Waals surface area contributed by atoms with Crippen molar-refractivity contribution in [3.8, 4) is 0 Å². The fourth-order valence-electron chi connectivity index (χ4n) is 2.79. The molecule has 3 unspecified atom stereocenters. The predicted octanol–water partition coefficient (Wildman–Crippen LogP) is 3.52. The zero-order valence-electron chi connectivity index (χ0n) is 11.9. The van der Waals surface area contributed by atoms with E-state index >= 15 is 0 Å². The van der Waals surface area contributed by atoms with Gasteiger partial charge in [0.05, 0.1) is 18.4 Å². The van der Waals surface area contributed by atoms with Crippen molar-refractivity contribution in [3.63, 3.8) is 0 Å². The summed E-state index contributed by atoms with van der Waals surface area (Å²) >= 11 is 0. The third-order valence-electron chi connectivity index (χ3n) is 4.24. The van der Waals surface area contributed by atoms with Gasteiger partial charge in [-0.1, -0.05) is 20.8 Å². The van der Waals surface area contributed by atoms with Gasteiger partial charge < -0.3 is 14.5 Å². The molecule has 0 radical (unpaired) electrons. The quantitative estimate of drug-likeness (QED) is 0.840. The minimum atomic E-state index is 0.204. The average Bonchev–Trinajstić information content (AvgIpc) is 2.86. The van der Waals surface area contributed by atoms with Gasteiger partial charge in [0.1, 0.15) is 5.76 Å². The molecule has 2 rings (SSSR count). The van der Waals surface area contributed by atoms with Crippen LogP contribution < -0.4 is 5.32 Å². The summed E-state index contributed by atoms with van der Waals surface area (Å²) in [5.74, 6) is 1.04. The molecule has 0 aliphatic heterocycles. The van der Waals surface area contributed by atoms with Crippen molar-refractivity contribution in [3.05, 3.63) is 24.2 Å². The molecule has 1 N–H and O–H groups in total. The van der Waals surface area contributed by atoms with Crippen molar-refractivity contribution in [1.82, 2.24) is 5.32 Å². The van der Waals surface area contributed by atoms with Gasteiger partial charge in [0.15, 0.2) is 0 Å². The maximum Gasteiger partial charge on any atom is 0.120 e. The topological polar surface area (TPSA) is 34.4 Å². The largest absolute Gasteiger partial charge is 0.468 e. The maximum atomic E-state index is 5.77. The number of hydrogen-bond donors (Lipinski definition) is 1. The van der Waals surface area contributed by atoms with E-state index in [1.54, 1.807) is 6.26 Å². The van der Waals surface area contributed by atoms with Gasteiger partial charge in [-0.25, -0.2) is 0 Å². The molecule has 0 aromatic carbocycles. The van der Waals surface area contributed by atoms with Crippen LogP contribution in [-0.4, -0.2) is 18.8 Å². The van der Waals surface area contributed by atoms with E-state index in [0.29, 0.717) is 18.2 Å². The molecule has 0 spiro atoms. The van der Waals surface area contributed by atoms with Gasteiger partial charge in [0, 0.05) is 18.1 Å². The second-order valence-corrected chi connectivity index (χ2v) is 5.70. The molecule has 3 heteroatoms. The molecule has 18 heavy (non-hydrogen) atoms. The Labute approximate surface area is 110 Å². The highest BCUT2D eigenvalue weighted by molar-refractivity contribution is 5.09. The van der Waals surface area contributed by atoms with E-state index < -0.39 is 0 Å². The van der Waals surface area contributed by atoms with Gasteiger partial charge in [-0.15, -0.1) is 0 Å². The van der Waals surface area contributed by atoms with Crippen molar-refractivity contribution in [2.24, 2.45) is 5.41 Å². The standard InChI is InChI=1S/C15H25NO2/c1-5-11(12-8-7-9-18-12)16-13-10-14(17-6-2)15(13,3)4/h7-9,11,13-14,16H,5-6,10H2,1-4H3. The molecule has 1 aromatic heterocycles. The van der Waals surface area contributed by atoms with Crippen LogP contribution in [0.5, 0.6) is 0 Å². The lowest BCUT2D eigenvalue weighted by atomic mass is 9.64. The van der Waals surface area contributed by atoms with Crippen LogP contribution in [0.2, 0.25) is 0 Å². The van der Waals surface area contributed by atoms with E-state index in [9.17, 15) is 0 Å². The SMILES string of the molecule is CCOC1CC(NC(CC)c2ccco2)C1(C)C.